The van der Waals surface area contributed by atoms with E-state index in [1.807, 2.05) is 26.0 Å². The summed E-state index contributed by atoms with van der Waals surface area (Å²) in [6.45, 7) is -3.88. The summed E-state index contributed by atoms with van der Waals surface area (Å²) in [6.07, 6.45) is -70.2. The van der Waals surface area contributed by atoms with Crippen molar-refractivity contribution in [1.82, 2.24) is 0 Å². The van der Waals surface area contributed by atoms with Crippen LogP contribution in [0.3, 0.4) is 0 Å². The van der Waals surface area contributed by atoms with E-state index < -0.39 is 290 Å². The van der Waals surface area contributed by atoms with Gasteiger partial charge in [-0.15, -0.1) is 0 Å². The highest BCUT2D eigenvalue weighted by atomic mass is 16.8. The molecular formula is C63H88N2O39. The Labute approximate surface area is 589 Å². The first kappa shape index (κ1) is 78.9. The number of benzene rings is 2. The van der Waals surface area contributed by atoms with Crippen LogP contribution in [-0.2, 0) is 81.3 Å². The van der Waals surface area contributed by atoms with Crippen LogP contribution < -0.4 is 9.64 Å². The number of hydrogen-bond donors (Lipinski definition) is 20. The number of aliphatic hydroxyl groups is 20. The number of rotatable bonds is 12. The third-order valence-electron chi connectivity index (χ3n) is 20.7. The van der Waals surface area contributed by atoms with Crippen molar-refractivity contribution in [3.63, 3.8) is 0 Å². The molecule has 104 heavy (non-hydrogen) atoms. The Hall–Kier alpha value is -4.71. The number of ether oxygens (including phenoxy) is 16. The molecule has 0 amide bonds. The molecular weight excluding hydrogens is 1410 g/mol. The van der Waals surface area contributed by atoms with Crippen molar-refractivity contribution in [2.75, 3.05) is 57.7 Å². The fourth-order valence-electron chi connectivity index (χ4n) is 14.8. The Morgan fingerprint density at radius 1 is 0.442 bits per heavy atom. The van der Waals surface area contributed by atoms with Gasteiger partial charge >= 0.3 is 5.97 Å². The molecule has 0 saturated carbocycles. The fourth-order valence-corrected chi connectivity index (χ4v) is 14.8. The van der Waals surface area contributed by atoms with Gasteiger partial charge in [0.25, 0.3) is 5.69 Å². The number of carbonyl (C=O) groups excluding carboxylic acids is 1. The Morgan fingerprint density at radius 3 is 1.07 bits per heavy atom. The molecule has 25 rings (SSSR count). The first-order chi connectivity index (χ1) is 49.5. The van der Waals surface area contributed by atoms with Crippen LogP contribution in [0.25, 0.3) is 6.08 Å². The van der Waals surface area contributed by atoms with Crippen molar-refractivity contribution in [2.24, 2.45) is 0 Å². The number of carbonyl (C=O) groups is 1. The summed E-state index contributed by atoms with van der Waals surface area (Å²) in [7, 11) is 0. The molecule has 1 spiro atoms. The predicted molar refractivity (Wildman–Crippen MR) is 329 cm³/mol. The molecule has 2 aromatic carbocycles. The second-order valence-electron chi connectivity index (χ2n) is 27.3. The molecule has 0 aliphatic carbocycles. The highest BCUT2D eigenvalue weighted by Crippen LogP contribution is 2.55. The number of aliphatic hydroxyl groups excluding tert-OH is 20. The summed E-state index contributed by atoms with van der Waals surface area (Å²) >= 11 is 0. The first-order valence-electron chi connectivity index (χ1n) is 33.6. The van der Waals surface area contributed by atoms with Crippen LogP contribution in [0.5, 0.6) is 5.75 Å². The molecule has 2 aromatic rings. The van der Waals surface area contributed by atoms with Crippen LogP contribution in [0.2, 0.25) is 0 Å². The van der Waals surface area contributed by atoms with Gasteiger partial charge in [-0.3, -0.25) is 14.9 Å². The van der Waals surface area contributed by atoms with E-state index in [4.69, 9.17) is 75.8 Å². The summed E-state index contributed by atoms with van der Waals surface area (Å²) < 4.78 is 94.3. The monoisotopic (exact) mass is 1500 g/mol. The lowest BCUT2D eigenvalue weighted by atomic mass is 9.76. The first-order valence-corrected chi connectivity index (χ1v) is 33.6. The van der Waals surface area contributed by atoms with Gasteiger partial charge in [0.15, 0.2) is 44.0 Å². The molecule has 0 radical (unpaired) electrons. The van der Waals surface area contributed by atoms with E-state index in [-0.39, 0.29) is 18.0 Å². The van der Waals surface area contributed by atoms with Crippen LogP contribution in [-0.4, -0.2) is 386 Å². The molecule has 14 bridgehead atoms. The van der Waals surface area contributed by atoms with Crippen molar-refractivity contribution in [3.8, 4) is 5.75 Å². The molecule has 41 nitrogen and oxygen atoms in total. The zero-order chi connectivity index (χ0) is 74.9. The Bertz CT molecular complexity index is 3260. The van der Waals surface area contributed by atoms with Gasteiger partial charge in [-0.05, 0) is 43.7 Å². The largest absolute Gasteiger partial charge is 0.463 e. The number of nitro benzene ring substituents is 1. The standard InChI is InChI=1S/C63H88N2O39/c1-62(2)23-5-3-4-6-24(23)64(63(62)11-9-21-13-22(65(87)88)7-8-25(21)104-63)12-10-33(72)89-20-32-54-40(79)47(86)61(96-32)102-53-31(19-71)94-59(45(84)38(53)77)100-51-29(17-69)92-57(43(82)36(51)75)98-49-27(15-67)90-55(41(80)34(49)73)97-48-26(14-66)91-56(42(81)35(48)74)99-50-28(16-68)93-58(44(83)37(50)76)101-52-30(18-70)95-60(103-54)46(85)39(52)78/h3-9,11,13,26-32,34-61,66-71,73-86H,10,12,14-20H2,1-2H3. The van der Waals surface area contributed by atoms with Crippen LogP contribution in [0, 0.1) is 10.1 Å². The number of para-hydroxylation sites is 1. The highest BCUT2D eigenvalue weighted by molar-refractivity contribution is 5.75. The summed E-state index contributed by atoms with van der Waals surface area (Å²) in [5.74, 6) is -0.676. The van der Waals surface area contributed by atoms with E-state index >= 15 is 0 Å². The zero-order valence-corrected chi connectivity index (χ0v) is 55.4. The van der Waals surface area contributed by atoms with Crippen LogP contribution in [0.15, 0.2) is 48.5 Å². The molecule has 36 atom stereocenters. The van der Waals surface area contributed by atoms with Gasteiger partial charge in [0, 0.05) is 29.9 Å². The molecule has 584 valence electrons. The summed E-state index contributed by atoms with van der Waals surface area (Å²) in [4.78, 5) is 27.2. The predicted octanol–water partition coefficient (Wildman–Crippen LogP) is -10.8. The number of nitro groups is 1. The molecule has 21 fully saturated rings. The Balaban J connectivity index is 0.826. The number of fused-ring (bicyclic) bond motifs is 2. The zero-order valence-electron chi connectivity index (χ0n) is 55.4. The molecule has 21 saturated heterocycles. The molecule has 23 heterocycles. The van der Waals surface area contributed by atoms with E-state index in [9.17, 15) is 117 Å². The number of anilines is 1. The maximum Gasteiger partial charge on any atom is 0.307 e. The molecule has 20 N–H and O–H groups in total. The molecule has 36 unspecified atom stereocenters. The van der Waals surface area contributed by atoms with Crippen LogP contribution in [0.1, 0.15) is 31.4 Å². The third-order valence-corrected chi connectivity index (χ3v) is 20.7. The smallest absolute Gasteiger partial charge is 0.307 e. The Morgan fingerprint density at radius 2 is 0.750 bits per heavy atom. The van der Waals surface area contributed by atoms with Gasteiger partial charge in [-0.25, -0.2) is 0 Å². The SMILES string of the molecule is CC1(C)c2ccccc2N(CCC(=O)OCC2OC3OC4C(CO)OC(OC5C(CO)OC(OC6C(CO)OC(OC7C(CO)OC(OC8C(CO)OC(OC9C(CO)OC(OC2C(O)C3O)C(O)C9O)C(O)C8O)C(O)C7O)C(O)C6O)C(O)C5O)C(O)C4O)C12C=Cc1cc([N+](=O)[O-])ccc1O2. The third kappa shape index (κ3) is 14.5. The topological polar surface area (TPSA) is 616 Å². The second kappa shape index (κ2) is 32.1. The lowest BCUT2D eigenvalue weighted by Crippen LogP contribution is -2.68. The number of esters is 1. The Kier molecular flexibility index (Phi) is 24.3. The lowest BCUT2D eigenvalue weighted by molar-refractivity contribution is -0.396. The number of hydrogen-bond acceptors (Lipinski definition) is 40. The minimum atomic E-state index is -2.35. The van der Waals surface area contributed by atoms with E-state index in [2.05, 4.69) is 0 Å². The van der Waals surface area contributed by atoms with Crippen LogP contribution >= 0.6 is 0 Å². The van der Waals surface area contributed by atoms with Gasteiger partial charge in [-0.1, -0.05) is 18.2 Å². The van der Waals surface area contributed by atoms with Crippen molar-refractivity contribution < 1.29 is 188 Å². The maximum atomic E-state index is 14.3. The van der Waals surface area contributed by atoms with E-state index in [1.54, 1.807) is 29.2 Å². The minimum absolute atomic E-state index is 0.142. The average Bonchev–Trinajstić information content (AvgIpc) is 1.51. The lowest BCUT2D eigenvalue weighted by Gasteiger charge is -2.50. The second-order valence-corrected chi connectivity index (χ2v) is 27.3. The van der Waals surface area contributed by atoms with Crippen molar-refractivity contribution in [1.29, 1.82) is 0 Å². The quantitative estimate of drug-likeness (QED) is 0.0533. The van der Waals surface area contributed by atoms with Gasteiger partial charge in [-0.2, -0.15) is 0 Å². The molecule has 0 aromatic heterocycles. The van der Waals surface area contributed by atoms with Crippen molar-refractivity contribution in [3.05, 3.63) is 69.8 Å². The highest BCUT2D eigenvalue weighted by Gasteiger charge is 2.62. The van der Waals surface area contributed by atoms with E-state index in [0.717, 1.165) is 5.56 Å². The molecule has 23 aliphatic heterocycles. The van der Waals surface area contributed by atoms with Gasteiger partial charge in [0.1, 0.15) is 183 Å². The van der Waals surface area contributed by atoms with Crippen molar-refractivity contribution >= 4 is 23.4 Å². The maximum absolute atomic E-state index is 14.3. The summed E-state index contributed by atoms with van der Waals surface area (Å²) in [6, 6.07) is 11.3. The fraction of sp³-hybridized carbons (Fsp3) is 0.762. The number of nitrogens with zero attached hydrogens (tertiary/aromatic N) is 2. The van der Waals surface area contributed by atoms with E-state index in [0.29, 0.717) is 11.3 Å². The summed E-state index contributed by atoms with van der Waals surface area (Å²) in [5, 5.41) is 238. The van der Waals surface area contributed by atoms with Gasteiger partial charge < -0.3 is 183 Å². The minimum Gasteiger partial charge on any atom is -0.463 e. The molecule has 23 aliphatic rings. The summed E-state index contributed by atoms with van der Waals surface area (Å²) in [5.41, 5.74) is -0.591. The van der Waals surface area contributed by atoms with Gasteiger partial charge in [0.2, 0.25) is 5.72 Å². The number of non-ortho nitro benzene ring substituents is 1. The average molecular weight is 1500 g/mol. The molecule has 41 heteroatoms. The van der Waals surface area contributed by atoms with E-state index in [1.165, 1.54) is 18.2 Å². The normalized spacial score (nSPS) is 46.7. The van der Waals surface area contributed by atoms with Gasteiger partial charge in [0.05, 0.1) is 56.4 Å². The van der Waals surface area contributed by atoms with Crippen LogP contribution in [0.4, 0.5) is 11.4 Å². The van der Waals surface area contributed by atoms with Crippen molar-refractivity contribution in [2.45, 2.75) is 246 Å².